The zero-order valence-corrected chi connectivity index (χ0v) is 9.53. The van der Waals surface area contributed by atoms with Crippen molar-refractivity contribution in [1.29, 1.82) is 0 Å². The fourth-order valence-corrected chi connectivity index (χ4v) is 1.39. The molecular weight excluding hydrogens is 180 g/mol. The van der Waals surface area contributed by atoms with Crippen molar-refractivity contribution in [2.75, 3.05) is 0 Å². The molecule has 0 aliphatic rings. The zero-order valence-electron chi connectivity index (χ0n) is 8.37. The first-order chi connectivity index (χ1) is 6.11. The smallest absolute Gasteiger partial charge is 0.208 e. The van der Waals surface area contributed by atoms with Gasteiger partial charge >= 0.3 is 0 Å². The molecule has 0 spiro atoms. The van der Waals surface area contributed by atoms with Crippen molar-refractivity contribution in [1.82, 2.24) is 10.0 Å². The third-order valence-electron chi connectivity index (χ3n) is 1.67. The van der Waals surface area contributed by atoms with E-state index >= 15 is 0 Å². The van der Waals surface area contributed by atoms with Crippen molar-refractivity contribution in [3.63, 3.8) is 0 Å². The van der Waals surface area contributed by atoms with Crippen LogP contribution >= 0.6 is 0 Å². The summed E-state index contributed by atoms with van der Waals surface area (Å²) in [6.07, 6.45) is 1.98. The molecule has 1 N–H and O–H groups in total. The summed E-state index contributed by atoms with van der Waals surface area (Å²) in [5.74, 6) is 0. The van der Waals surface area contributed by atoms with E-state index in [0.29, 0.717) is 0 Å². The van der Waals surface area contributed by atoms with Crippen molar-refractivity contribution in [2.24, 2.45) is 7.05 Å². The van der Waals surface area contributed by atoms with Crippen LogP contribution in [0.5, 0.6) is 0 Å². The first-order valence-electron chi connectivity index (χ1n) is 4.33. The number of hydrogen-bond donors (Lipinski definition) is 1. The van der Waals surface area contributed by atoms with E-state index in [1.165, 1.54) is 0 Å². The number of aromatic nitrogens is 1. The first-order valence-corrected chi connectivity index (χ1v) is 7.11. The summed E-state index contributed by atoms with van der Waals surface area (Å²) in [4.78, 5) is 0. The Morgan fingerprint density at radius 2 is 2.31 bits per heavy atom. The van der Waals surface area contributed by atoms with Crippen LogP contribution in [-0.2, 0) is 11.6 Å². The highest BCUT2D eigenvalue weighted by Gasteiger charge is 2.02. The fraction of sp³-hybridized carbons (Fsp3) is 0.333. The summed E-state index contributed by atoms with van der Waals surface area (Å²) in [5.41, 5.74) is 4.74. The van der Waals surface area contributed by atoms with Crippen LogP contribution in [0.4, 0.5) is 0 Å². The highest BCUT2D eigenvalue weighted by Crippen LogP contribution is 2.08. The van der Waals surface area contributed by atoms with Gasteiger partial charge in [-0.3, -0.25) is 5.48 Å². The Morgan fingerprint density at radius 1 is 1.62 bits per heavy atom. The van der Waals surface area contributed by atoms with E-state index in [4.69, 9.17) is 4.53 Å². The molecule has 1 heterocycles. The van der Waals surface area contributed by atoms with Gasteiger partial charge in [0.2, 0.25) is 9.04 Å². The topological polar surface area (TPSA) is 26.2 Å². The Morgan fingerprint density at radius 3 is 2.77 bits per heavy atom. The number of hydrogen-bond acceptors (Lipinski definition) is 2. The summed E-state index contributed by atoms with van der Waals surface area (Å²) in [6.45, 7) is 8.10. The molecule has 0 bridgehead atoms. The van der Waals surface area contributed by atoms with Gasteiger partial charge in [-0.05, 0) is 25.2 Å². The van der Waals surface area contributed by atoms with Crippen molar-refractivity contribution in [2.45, 2.75) is 13.1 Å². The average Bonchev–Trinajstić information content (AvgIpc) is 2.47. The van der Waals surface area contributed by atoms with Crippen molar-refractivity contribution >= 4 is 14.7 Å². The van der Waals surface area contributed by atoms with Crippen LogP contribution in [0.25, 0.3) is 5.70 Å². The van der Waals surface area contributed by atoms with E-state index in [-0.39, 0.29) is 0 Å². The molecule has 0 radical (unpaired) electrons. The van der Waals surface area contributed by atoms with Gasteiger partial charge in [0.05, 0.1) is 11.4 Å². The van der Waals surface area contributed by atoms with Crippen LogP contribution in [0.1, 0.15) is 5.69 Å². The van der Waals surface area contributed by atoms with Crippen LogP contribution in [0.3, 0.4) is 0 Å². The van der Waals surface area contributed by atoms with E-state index in [1.807, 2.05) is 29.9 Å². The molecule has 3 nitrogen and oxygen atoms in total. The summed E-state index contributed by atoms with van der Waals surface area (Å²) in [7, 11) is 0.953. The summed E-state index contributed by atoms with van der Waals surface area (Å²) in [5, 5.41) is 0. The van der Waals surface area contributed by atoms with Crippen LogP contribution in [0.15, 0.2) is 24.9 Å². The molecule has 72 valence electrons. The van der Waals surface area contributed by atoms with Crippen LogP contribution < -0.4 is 5.48 Å². The SMILES string of the molecule is C=C(NO[SiH](C)C)c1cccn1C. The molecule has 1 aromatic heterocycles. The van der Waals surface area contributed by atoms with E-state index in [1.54, 1.807) is 0 Å². The average molecular weight is 196 g/mol. The highest BCUT2D eigenvalue weighted by molar-refractivity contribution is 6.48. The van der Waals surface area contributed by atoms with Gasteiger partial charge in [-0.15, -0.1) is 0 Å². The van der Waals surface area contributed by atoms with Crippen molar-refractivity contribution < 1.29 is 4.53 Å². The molecule has 0 aromatic carbocycles. The van der Waals surface area contributed by atoms with Gasteiger partial charge < -0.3 is 9.09 Å². The minimum Gasteiger partial charge on any atom is -0.349 e. The van der Waals surface area contributed by atoms with Crippen molar-refractivity contribution in [3.05, 3.63) is 30.6 Å². The van der Waals surface area contributed by atoms with Gasteiger partial charge in [0.1, 0.15) is 0 Å². The standard InChI is InChI=1S/C9H16N2OSi/c1-8(10-12-13(3)4)9-6-5-7-11(9)2/h5-7,10,13H,1H2,2-4H3. The van der Waals surface area contributed by atoms with E-state index < -0.39 is 9.04 Å². The molecule has 1 aromatic rings. The Bertz CT molecular complexity index is 294. The molecule has 0 amide bonds. The maximum absolute atomic E-state index is 5.36. The first kappa shape index (κ1) is 10.1. The zero-order chi connectivity index (χ0) is 9.84. The Labute approximate surface area is 80.7 Å². The monoisotopic (exact) mass is 196 g/mol. The molecule has 0 fully saturated rings. The second-order valence-electron chi connectivity index (χ2n) is 3.25. The molecule has 0 aliphatic heterocycles. The number of hydroxylamine groups is 1. The normalized spacial score (nSPS) is 10.5. The lowest BCUT2D eigenvalue weighted by Crippen LogP contribution is -2.21. The van der Waals surface area contributed by atoms with Crippen molar-refractivity contribution in [3.8, 4) is 0 Å². The van der Waals surface area contributed by atoms with Gasteiger partial charge in [-0.2, -0.15) is 0 Å². The van der Waals surface area contributed by atoms with E-state index in [2.05, 4.69) is 25.2 Å². The lowest BCUT2D eigenvalue weighted by molar-refractivity contribution is 0.258. The second kappa shape index (κ2) is 4.29. The summed E-state index contributed by atoms with van der Waals surface area (Å²) >= 11 is 0. The van der Waals surface area contributed by atoms with Crippen LogP contribution in [-0.4, -0.2) is 13.6 Å². The van der Waals surface area contributed by atoms with E-state index in [9.17, 15) is 0 Å². The predicted molar refractivity (Wildman–Crippen MR) is 57.5 cm³/mol. The lowest BCUT2D eigenvalue weighted by atomic mass is 10.3. The third kappa shape index (κ3) is 2.75. The largest absolute Gasteiger partial charge is 0.349 e. The molecule has 0 saturated carbocycles. The van der Waals surface area contributed by atoms with Gasteiger partial charge in [0.25, 0.3) is 0 Å². The lowest BCUT2D eigenvalue weighted by Gasteiger charge is -2.12. The molecule has 0 unspecified atom stereocenters. The maximum Gasteiger partial charge on any atom is 0.208 e. The molecule has 0 aliphatic carbocycles. The molecule has 13 heavy (non-hydrogen) atoms. The van der Waals surface area contributed by atoms with Gasteiger partial charge in [-0.25, -0.2) is 0 Å². The highest BCUT2D eigenvalue weighted by atomic mass is 28.3. The molecule has 0 saturated heterocycles. The Balaban J connectivity index is 2.54. The minimum absolute atomic E-state index is 0.814. The number of aryl methyl sites for hydroxylation is 1. The summed E-state index contributed by atoms with van der Waals surface area (Å²) < 4.78 is 7.36. The minimum atomic E-state index is -1.03. The molecule has 0 atom stereocenters. The maximum atomic E-state index is 5.36. The predicted octanol–water partition coefficient (Wildman–Crippen LogP) is 1.50. The van der Waals surface area contributed by atoms with Crippen LogP contribution in [0, 0.1) is 0 Å². The molecule has 1 rings (SSSR count). The fourth-order valence-electron chi connectivity index (χ4n) is 1.02. The van der Waals surface area contributed by atoms with Gasteiger partial charge in [0.15, 0.2) is 0 Å². The Kier molecular flexibility index (Phi) is 3.33. The summed E-state index contributed by atoms with van der Waals surface area (Å²) in [6, 6.07) is 3.98. The molecular formula is C9H16N2OSi. The van der Waals surface area contributed by atoms with Gasteiger partial charge in [0, 0.05) is 13.2 Å². The second-order valence-corrected chi connectivity index (χ2v) is 5.58. The number of nitrogens with one attached hydrogen (secondary N) is 1. The Hall–Kier alpha value is -1.00. The quantitative estimate of drug-likeness (QED) is 0.583. The number of rotatable bonds is 4. The van der Waals surface area contributed by atoms with E-state index in [0.717, 1.165) is 11.4 Å². The molecule has 4 heteroatoms. The number of nitrogens with zero attached hydrogens (tertiary/aromatic N) is 1. The third-order valence-corrected chi connectivity index (χ3v) is 2.26. The van der Waals surface area contributed by atoms with Crippen LogP contribution in [0.2, 0.25) is 13.1 Å². The van der Waals surface area contributed by atoms with Gasteiger partial charge in [-0.1, -0.05) is 6.58 Å².